The minimum Gasteiger partial charge on any atom is -0.387 e. The van der Waals surface area contributed by atoms with Gasteiger partial charge in [0.15, 0.2) is 0 Å². The molecule has 0 aromatic heterocycles. The minimum absolute atomic E-state index is 0.223. The molecule has 3 nitrogen and oxygen atoms in total. The number of fused-ring (bicyclic) bond motifs is 1. The van der Waals surface area contributed by atoms with Crippen LogP contribution in [-0.4, -0.2) is 12.1 Å². The van der Waals surface area contributed by atoms with Crippen molar-refractivity contribution in [3.63, 3.8) is 0 Å². The first-order valence-corrected chi connectivity index (χ1v) is 8.48. The minimum atomic E-state index is -0.487. The van der Waals surface area contributed by atoms with Crippen LogP contribution in [0.15, 0.2) is 29.3 Å². The van der Waals surface area contributed by atoms with Crippen LogP contribution in [0.3, 0.4) is 0 Å². The smallest absolute Gasteiger partial charge is 0.107 e. The lowest BCUT2D eigenvalue weighted by Crippen LogP contribution is -2.41. The molecule has 0 radical (unpaired) electrons. The van der Waals surface area contributed by atoms with Gasteiger partial charge in [0.1, 0.15) is 5.84 Å². The number of amidine groups is 1. The second kappa shape index (κ2) is 7.08. The van der Waals surface area contributed by atoms with Crippen molar-refractivity contribution in [3.05, 3.63) is 29.8 Å². The fraction of sp³-hybridized carbons (Fsp3) is 0.579. The van der Waals surface area contributed by atoms with Gasteiger partial charge in [-0.2, -0.15) is 0 Å². The van der Waals surface area contributed by atoms with Gasteiger partial charge >= 0.3 is 0 Å². The van der Waals surface area contributed by atoms with Crippen LogP contribution in [0.5, 0.6) is 0 Å². The van der Waals surface area contributed by atoms with Crippen LogP contribution in [0.25, 0.3) is 0 Å². The number of nitrogens with two attached hydrogens (primary N) is 1. The van der Waals surface area contributed by atoms with Crippen molar-refractivity contribution in [3.8, 4) is 0 Å². The van der Waals surface area contributed by atoms with E-state index in [2.05, 4.69) is 31.8 Å². The molecule has 0 saturated heterocycles. The summed E-state index contributed by atoms with van der Waals surface area (Å²) < 4.78 is 0. The lowest BCUT2D eigenvalue weighted by atomic mass is 9.74. The van der Waals surface area contributed by atoms with E-state index in [0.29, 0.717) is 11.8 Å². The molecule has 3 N–H and O–H groups in total. The lowest BCUT2D eigenvalue weighted by molar-refractivity contribution is 0.345. The fourth-order valence-electron chi connectivity index (χ4n) is 3.65. The van der Waals surface area contributed by atoms with E-state index < -0.39 is 5.41 Å². The van der Waals surface area contributed by atoms with Crippen molar-refractivity contribution >= 4 is 17.7 Å². The molecule has 0 saturated carbocycles. The Morgan fingerprint density at radius 2 is 2.00 bits per heavy atom. The summed E-state index contributed by atoms with van der Waals surface area (Å²) >= 11 is 0. The molecule has 2 unspecified atom stereocenters. The van der Waals surface area contributed by atoms with Gasteiger partial charge in [0, 0.05) is 6.21 Å². The van der Waals surface area contributed by atoms with Crippen molar-refractivity contribution in [2.24, 2.45) is 22.6 Å². The molecule has 120 valence electrons. The highest BCUT2D eigenvalue weighted by Gasteiger charge is 2.39. The Bertz CT molecular complexity index is 547. The largest absolute Gasteiger partial charge is 0.387 e. The standard InChI is InChI=1S/C19H29N3/c1-4-7-15(12-14(2)3)10-11-19(18(20)21)13-22-17-9-6-5-8-16(17)19/h5-6,8-9,13-15H,4,7,10-12H2,1-3H3,(H3,20,21). The first kappa shape index (κ1) is 16.7. The zero-order chi connectivity index (χ0) is 16.2. The van der Waals surface area contributed by atoms with E-state index in [1.807, 2.05) is 24.4 Å². The monoisotopic (exact) mass is 299 g/mol. The maximum absolute atomic E-state index is 8.14. The van der Waals surface area contributed by atoms with E-state index in [1.165, 1.54) is 19.3 Å². The number of rotatable bonds is 8. The van der Waals surface area contributed by atoms with E-state index >= 15 is 0 Å². The van der Waals surface area contributed by atoms with Gasteiger partial charge in [0.05, 0.1) is 11.1 Å². The van der Waals surface area contributed by atoms with E-state index in [-0.39, 0.29) is 5.84 Å². The number of nitrogens with zero attached hydrogens (tertiary/aromatic N) is 1. The molecular weight excluding hydrogens is 270 g/mol. The number of benzene rings is 1. The molecule has 1 aromatic rings. The van der Waals surface area contributed by atoms with Crippen molar-refractivity contribution < 1.29 is 0 Å². The summed E-state index contributed by atoms with van der Waals surface area (Å²) in [7, 11) is 0. The molecule has 1 aliphatic rings. The highest BCUT2D eigenvalue weighted by atomic mass is 14.9. The van der Waals surface area contributed by atoms with Gasteiger partial charge in [0.25, 0.3) is 0 Å². The van der Waals surface area contributed by atoms with Crippen LogP contribution < -0.4 is 5.73 Å². The summed E-state index contributed by atoms with van der Waals surface area (Å²) in [5, 5.41) is 8.14. The average Bonchev–Trinajstić information content (AvgIpc) is 2.85. The Morgan fingerprint density at radius 3 is 2.64 bits per heavy atom. The summed E-state index contributed by atoms with van der Waals surface area (Å²) in [4.78, 5) is 4.51. The van der Waals surface area contributed by atoms with Gasteiger partial charge in [-0.3, -0.25) is 10.4 Å². The molecule has 22 heavy (non-hydrogen) atoms. The number of para-hydroxylation sites is 1. The van der Waals surface area contributed by atoms with Gasteiger partial charge in [-0.1, -0.05) is 51.8 Å². The predicted molar refractivity (Wildman–Crippen MR) is 95.3 cm³/mol. The third-order valence-electron chi connectivity index (χ3n) is 4.74. The Kier molecular flexibility index (Phi) is 5.38. The quantitative estimate of drug-likeness (QED) is 0.524. The summed E-state index contributed by atoms with van der Waals surface area (Å²) in [6.45, 7) is 6.83. The molecule has 1 heterocycles. The number of aliphatic imine (C=N–C) groups is 1. The van der Waals surface area contributed by atoms with Gasteiger partial charge in [0.2, 0.25) is 0 Å². The Balaban J connectivity index is 2.17. The van der Waals surface area contributed by atoms with Gasteiger partial charge < -0.3 is 5.73 Å². The maximum Gasteiger partial charge on any atom is 0.107 e. The van der Waals surface area contributed by atoms with E-state index in [4.69, 9.17) is 11.1 Å². The normalized spacial score (nSPS) is 21.1. The van der Waals surface area contributed by atoms with Crippen molar-refractivity contribution in [1.82, 2.24) is 0 Å². The highest BCUT2D eigenvalue weighted by molar-refractivity contribution is 6.09. The van der Waals surface area contributed by atoms with Crippen LogP contribution >= 0.6 is 0 Å². The topological polar surface area (TPSA) is 62.2 Å². The molecule has 0 aliphatic carbocycles. The molecule has 2 rings (SSSR count). The van der Waals surface area contributed by atoms with Crippen LogP contribution in [0, 0.1) is 17.2 Å². The van der Waals surface area contributed by atoms with E-state index in [0.717, 1.165) is 24.1 Å². The molecule has 2 atom stereocenters. The van der Waals surface area contributed by atoms with Gasteiger partial charge in [-0.05, 0) is 42.7 Å². The number of hydrogen-bond acceptors (Lipinski definition) is 2. The van der Waals surface area contributed by atoms with Crippen LogP contribution in [0.4, 0.5) is 5.69 Å². The molecule has 1 aromatic carbocycles. The van der Waals surface area contributed by atoms with Crippen molar-refractivity contribution in [2.75, 3.05) is 0 Å². The second-order valence-electron chi connectivity index (χ2n) is 6.98. The van der Waals surface area contributed by atoms with Gasteiger partial charge in [-0.15, -0.1) is 0 Å². The Labute approximate surface area is 134 Å². The number of nitrogens with one attached hydrogen (secondary N) is 1. The van der Waals surface area contributed by atoms with Crippen LogP contribution in [0.1, 0.15) is 58.4 Å². The Morgan fingerprint density at radius 1 is 1.27 bits per heavy atom. The second-order valence-corrected chi connectivity index (χ2v) is 6.98. The zero-order valence-corrected chi connectivity index (χ0v) is 14.1. The fourth-order valence-corrected chi connectivity index (χ4v) is 3.65. The maximum atomic E-state index is 8.14. The average molecular weight is 299 g/mol. The van der Waals surface area contributed by atoms with E-state index in [9.17, 15) is 0 Å². The molecular formula is C19H29N3. The lowest BCUT2D eigenvalue weighted by Gasteiger charge is -2.29. The summed E-state index contributed by atoms with van der Waals surface area (Å²) in [5.41, 5.74) is 7.58. The highest BCUT2D eigenvalue weighted by Crippen LogP contribution is 2.41. The Hall–Kier alpha value is -1.64. The van der Waals surface area contributed by atoms with Gasteiger partial charge in [-0.25, -0.2) is 0 Å². The molecule has 0 bridgehead atoms. The molecule has 0 spiro atoms. The van der Waals surface area contributed by atoms with Crippen molar-refractivity contribution in [1.29, 1.82) is 5.41 Å². The number of hydrogen-bond donors (Lipinski definition) is 2. The zero-order valence-electron chi connectivity index (χ0n) is 14.1. The summed E-state index contributed by atoms with van der Waals surface area (Å²) in [6.07, 6.45) is 7.62. The van der Waals surface area contributed by atoms with Crippen LogP contribution in [-0.2, 0) is 5.41 Å². The first-order valence-electron chi connectivity index (χ1n) is 8.48. The molecule has 0 fully saturated rings. The summed E-state index contributed by atoms with van der Waals surface area (Å²) in [5.74, 6) is 1.65. The predicted octanol–water partition coefficient (Wildman–Crippen LogP) is 4.82. The molecule has 3 heteroatoms. The SMILES string of the molecule is CCCC(CCC1(C(=N)N)C=Nc2ccccc21)CC(C)C. The third-order valence-corrected chi connectivity index (χ3v) is 4.74. The van der Waals surface area contributed by atoms with Crippen LogP contribution in [0.2, 0.25) is 0 Å². The first-order chi connectivity index (χ1) is 10.5. The third kappa shape index (κ3) is 3.40. The summed E-state index contributed by atoms with van der Waals surface area (Å²) in [6, 6.07) is 8.09. The van der Waals surface area contributed by atoms with Crippen molar-refractivity contribution in [2.45, 2.75) is 58.3 Å². The van der Waals surface area contributed by atoms with E-state index in [1.54, 1.807) is 0 Å². The molecule has 0 amide bonds. The molecule has 1 aliphatic heterocycles.